The molecule has 2 amide bonds. The fourth-order valence-electron chi connectivity index (χ4n) is 2.86. The van der Waals surface area contributed by atoms with Crippen LogP contribution in [0.4, 0.5) is 0 Å². The van der Waals surface area contributed by atoms with Crippen molar-refractivity contribution < 1.29 is 14.3 Å². The Hall–Kier alpha value is -2.53. The number of nitrogens with zero attached hydrogens (tertiary/aromatic N) is 1. The van der Waals surface area contributed by atoms with Crippen LogP contribution in [-0.2, 0) is 16.1 Å². The highest BCUT2D eigenvalue weighted by atomic mass is 35.5. The van der Waals surface area contributed by atoms with Crippen molar-refractivity contribution in [3.8, 4) is 5.75 Å². The summed E-state index contributed by atoms with van der Waals surface area (Å²) in [5.74, 6) is 0.522. The fourth-order valence-corrected chi connectivity index (χ4v) is 3.06. The van der Waals surface area contributed by atoms with Gasteiger partial charge in [0.15, 0.2) is 0 Å². The number of para-hydroxylation sites is 1. The van der Waals surface area contributed by atoms with Crippen molar-refractivity contribution in [3.05, 3.63) is 65.2 Å². The van der Waals surface area contributed by atoms with E-state index in [1.807, 2.05) is 55.5 Å². The Kier molecular flexibility index (Phi) is 9.51. The number of amides is 2. The molecule has 0 radical (unpaired) electrons. The van der Waals surface area contributed by atoms with Crippen LogP contribution < -0.4 is 10.1 Å². The lowest BCUT2D eigenvalue weighted by atomic mass is 10.1. The maximum Gasteiger partial charge on any atom is 0.242 e. The minimum absolute atomic E-state index is 0.0965. The Bertz CT molecular complexity index is 783. The van der Waals surface area contributed by atoms with Crippen molar-refractivity contribution in [1.29, 1.82) is 0 Å². The molecule has 0 aliphatic heterocycles. The van der Waals surface area contributed by atoms with Gasteiger partial charge in [-0.2, -0.15) is 0 Å². The van der Waals surface area contributed by atoms with Crippen molar-refractivity contribution in [1.82, 2.24) is 10.2 Å². The van der Waals surface area contributed by atoms with Gasteiger partial charge in [0.25, 0.3) is 0 Å². The van der Waals surface area contributed by atoms with E-state index in [4.69, 9.17) is 16.3 Å². The fraction of sp³-hybridized carbons (Fsp3) is 0.391. The summed E-state index contributed by atoms with van der Waals surface area (Å²) < 4.78 is 5.66. The third-order valence-corrected chi connectivity index (χ3v) is 4.93. The van der Waals surface area contributed by atoms with Gasteiger partial charge in [-0.25, -0.2) is 0 Å². The second kappa shape index (κ2) is 12.1. The molecule has 0 fully saturated rings. The molecule has 5 nitrogen and oxygen atoms in total. The molecule has 0 spiro atoms. The van der Waals surface area contributed by atoms with E-state index in [0.29, 0.717) is 37.6 Å². The smallest absolute Gasteiger partial charge is 0.242 e. The predicted octanol–water partition coefficient (Wildman–Crippen LogP) is 4.44. The molecule has 2 rings (SSSR count). The number of hydrogen-bond acceptors (Lipinski definition) is 3. The van der Waals surface area contributed by atoms with Gasteiger partial charge in [0.2, 0.25) is 11.8 Å². The van der Waals surface area contributed by atoms with E-state index >= 15 is 0 Å². The maximum absolute atomic E-state index is 12.9. The molecule has 2 aromatic carbocycles. The van der Waals surface area contributed by atoms with Crippen LogP contribution >= 0.6 is 11.6 Å². The molecule has 0 saturated carbocycles. The monoisotopic (exact) mass is 416 g/mol. The van der Waals surface area contributed by atoms with Gasteiger partial charge in [-0.05, 0) is 43.5 Å². The molecule has 156 valence electrons. The Morgan fingerprint density at radius 1 is 1.10 bits per heavy atom. The first-order chi connectivity index (χ1) is 14.0. The van der Waals surface area contributed by atoms with Crippen LogP contribution in [0.25, 0.3) is 0 Å². The predicted molar refractivity (Wildman–Crippen MR) is 116 cm³/mol. The molecular weight excluding hydrogens is 388 g/mol. The second-order valence-corrected chi connectivity index (χ2v) is 7.25. The summed E-state index contributed by atoms with van der Waals surface area (Å²) in [6.45, 7) is 5.05. The van der Waals surface area contributed by atoms with E-state index in [-0.39, 0.29) is 11.8 Å². The zero-order valence-electron chi connectivity index (χ0n) is 17.1. The molecule has 0 unspecified atom stereocenters. The Morgan fingerprint density at radius 2 is 1.79 bits per heavy atom. The summed E-state index contributed by atoms with van der Waals surface area (Å²) in [4.78, 5) is 27.0. The lowest BCUT2D eigenvalue weighted by Crippen LogP contribution is -2.47. The number of nitrogens with one attached hydrogen (secondary N) is 1. The molecular formula is C23H29ClN2O3. The van der Waals surface area contributed by atoms with Gasteiger partial charge in [-0.1, -0.05) is 54.9 Å². The number of halogens is 1. The quantitative estimate of drug-likeness (QED) is 0.551. The van der Waals surface area contributed by atoms with Crippen molar-refractivity contribution in [2.24, 2.45) is 0 Å². The zero-order valence-corrected chi connectivity index (χ0v) is 17.8. The molecule has 1 atom stereocenters. The van der Waals surface area contributed by atoms with Gasteiger partial charge < -0.3 is 15.0 Å². The first-order valence-electron chi connectivity index (χ1n) is 10.0. The number of benzene rings is 2. The molecule has 1 N–H and O–H groups in total. The highest BCUT2D eigenvalue weighted by molar-refractivity contribution is 6.31. The second-order valence-electron chi connectivity index (χ2n) is 6.85. The standard InChI is InChI=1S/C23H29ClN2O3/c1-3-15-25-23(28)18(2)26(17-19-10-7-8-13-21(19)24)22(27)14-9-16-29-20-11-5-4-6-12-20/h4-8,10-13,18H,3,9,14-17H2,1-2H3,(H,25,28)/t18-/m0/s1. The molecule has 29 heavy (non-hydrogen) atoms. The van der Waals surface area contributed by atoms with Crippen LogP contribution in [0.3, 0.4) is 0 Å². The van der Waals surface area contributed by atoms with Gasteiger partial charge >= 0.3 is 0 Å². The first kappa shape index (κ1) is 22.8. The number of ether oxygens (including phenoxy) is 1. The molecule has 2 aromatic rings. The summed E-state index contributed by atoms with van der Waals surface area (Å²) in [5, 5.41) is 3.45. The van der Waals surface area contributed by atoms with Gasteiger partial charge in [0, 0.05) is 24.5 Å². The Balaban J connectivity index is 1.99. The Morgan fingerprint density at radius 3 is 2.48 bits per heavy atom. The van der Waals surface area contributed by atoms with Crippen molar-refractivity contribution in [2.75, 3.05) is 13.2 Å². The first-order valence-corrected chi connectivity index (χ1v) is 10.4. The molecule has 0 bridgehead atoms. The summed E-state index contributed by atoms with van der Waals surface area (Å²) in [5.41, 5.74) is 0.818. The average Bonchev–Trinajstić information content (AvgIpc) is 2.74. The highest BCUT2D eigenvalue weighted by Crippen LogP contribution is 2.19. The van der Waals surface area contributed by atoms with E-state index in [1.54, 1.807) is 17.9 Å². The van der Waals surface area contributed by atoms with E-state index in [9.17, 15) is 9.59 Å². The number of hydrogen-bond donors (Lipinski definition) is 1. The maximum atomic E-state index is 12.9. The van der Waals surface area contributed by atoms with Crippen LogP contribution in [-0.4, -0.2) is 35.9 Å². The number of carbonyl (C=O) groups is 2. The molecule has 0 aliphatic rings. The summed E-state index contributed by atoms with van der Waals surface area (Å²) in [6, 6.07) is 16.3. The molecule has 0 aromatic heterocycles. The SMILES string of the molecule is CCCNC(=O)[C@H](C)N(Cc1ccccc1Cl)C(=O)CCCOc1ccccc1. The molecule has 6 heteroatoms. The summed E-state index contributed by atoms with van der Waals surface area (Å²) in [6.07, 6.45) is 1.70. The van der Waals surface area contributed by atoms with E-state index in [0.717, 1.165) is 17.7 Å². The van der Waals surface area contributed by atoms with Crippen LogP contribution in [0, 0.1) is 0 Å². The topological polar surface area (TPSA) is 58.6 Å². The van der Waals surface area contributed by atoms with Crippen molar-refractivity contribution in [2.45, 2.75) is 45.7 Å². The average molecular weight is 417 g/mol. The lowest BCUT2D eigenvalue weighted by molar-refractivity contribution is -0.140. The zero-order chi connectivity index (χ0) is 21.1. The minimum atomic E-state index is -0.583. The number of carbonyl (C=O) groups excluding carboxylic acids is 2. The van der Waals surface area contributed by atoms with Gasteiger partial charge in [0.05, 0.1) is 6.61 Å². The van der Waals surface area contributed by atoms with Gasteiger partial charge in [-0.3, -0.25) is 9.59 Å². The van der Waals surface area contributed by atoms with Gasteiger partial charge in [0.1, 0.15) is 11.8 Å². The lowest BCUT2D eigenvalue weighted by Gasteiger charge is -2.29. The minimum Gasteiger partial charge on any atom is -0.494 e. The largest absolute Gasteiger partial charge is 0.494 e. The van der Waals surface area contributed by atoms with Crippen LogP contribution in [0.1, 0.15) is 38.7 Å². The molecule has 0 heterocycles. The van der Waals surface area contributed by atoms with Crippen molar-refractivity contribution in [3.63, 3.8) is 0 Å². The highest BCUT2D eigenvalue weighted by Gasteiger charge is 2.26. The van der Waals surface area contributed by atoms with E-state index < -0.39 is 6.04 Å². The van der Waals surface area contributed by atoms with E-state index in [2.05, 4.69) is 5.32 Å². The van der Waals surface area contributed by atoms with Crippen LogP contribution in [0.2, 0.25) is 5.02 Å². The van der Waals surface area contributed by atoms with Gasteiger partial charge in [-0.15, -0.1) is 0 Å². The van der Waals surface area contributed by atoms with Crippen molar-refractivity contribution >= 4 is 23.4 Å². The third-order valence-electron chi connectivity index (χ3n) is 4.56. The molecule has 0 saturated heterocycles. The third kappa shape index (κ3) is 7.42. The summed E-state index contributed by atoms with van der Waals surface area (Å²) in [7, 11) is 0. The van der Waals surface area contributed by atoms with E-state index in [1.165, 1.54) is 0 Å². The number of rotatable bonds is 11. The van der Waals surface area contributed by atoms with Crippen LogP contribution in [0.5, 0.6) is 5.75 Å². The molecule has 0 aliphatic carbocycles. The normalized spacial score (nSPS) is 11.6. The summed E-state index contributed by atoms with van der Waals surface area (Å²) >= 11 is 6.28. The van der Waals surface area contributed by atoms with Crippen LogP contribution in [0.15, 0.2) is 54.6 Å². The Labute approximate surface area is 178 Å².